The third-order valence-corrected chi connectivity index (χ3v) is 2.75. The van der Waals surface area contributed by atoms with Gasteiger partial charge >= 0.3 is 5.97 Å². The van der Waals surface area contributed by atoms with Crippen molar-refractivity contribution in [3.63, 3.8) is 0 Å². The van der Waals surface area contributed by atoms with Gasteiger partial charge in [-0.15, -0.1) is 12.4 Å². The van der Waals surface area contributed by atoms with Crippen LogP contribution in [0.4, 0.5) is 0 Å². The highest BCUT2D eigenvalue weighted by molar-refractivity contribution is 8.13. The number of carbonyl (C=O) groups is 1. The van der Waals surface area contributed by atoms with Crippen LogP contribution in [-0.2, 0) is 16.9 Å². The molecule has 0 atom stereocenters. The molecular weight excluding hydrogens is 264 g/mol. The van der Waals surface area contributed by atoms with Crippen LogP contribution in [0.25, 0.3) is 0 Å². The van der Waals surface area contributed by atoms with Gasteiger partial charge in [0.15, 0.2) is 5.17 Å². The molecule has 1 heterocycles. The molecule has 1 aromatic heterocycles. The molecule has 0 aromatic carbocycles. The van der Waals surface area contributed by atoms with Crippen LogP contribution < -0.4 is 5.73 Å². The lowest BCUT2D eigenvalue weighted by atomic mass is 10.2. The fraction of sp³-hybridized carbons (Fsp3) is 0.400. The van der Waals surface area contributed by atoms with Crippen molar-refractivity contribution >= 4 is 35.3 Å². The molecule has 7 heteroatoms. The van der Waals surface area contributed by atoms with Crippen molar-refractivity contribution in [1.82, 2.24) is 0 Å². The van der Waals surface area contributed by atoms with Crippen LogP contribution in [0.15, 0.2) is 10.5 Å². The van der Waals surface area contributed by atoms with E-state index in [4.69, 9.17) is 15.6 Å². The Morgan fingerprint density at radius 3 is 2.76 bits per heavy atom. The van der Waals surface area contributed by atoms with Gasteiger partial charge in [-0.1, -0.05) is 18.7 Å². The van der Waals surface area contributed by atoms with Gasteiger partial charge in [-0.25, -0.2) is 4.79 Å². The number of methoxy groups -OCH3 is 1. The van der Waals surface area contributed by atoms with Gasteiger partial charge in [-0.2, -0.15) is 0 Å². The van der Waals surface area contributed by atoms with E-state index in [1.807, 2.05) is 6.92 Å². The number of thioether (sulfide) groups is 1. The molecule has 17 heavy (non-hydrogen) atoms. The first-order valence-corrected chi connectivity index (χ1v) is 5.73. The maximum atomic E-state index is 11.2. The Hall–Kier alpha value is -1.14. The summed E-state index contributed by atoms with van der Waals surface area (Å²) in [5, 5.41) is 7.16. The zero-order valence-corrected chi connectivity index (χ0v) is 11.2. The summed E-state index contributed by atoms with van der Waals surface area (Å²) in [4.78, 5) is 11.2. The lowest BCUT2D eigenvalue weighted by Gasteiger charge is -1.97. The fourth-order valence-electron chi connectivity index (χ4n) is 1.24. The van der Waals surface area contributed by atoms with Gasteiger partial charge in [0.2, 0.25) is 5.76 Å². The molecule has 96 valence electrons. The minimum atomic E-state index is -0.492. The summed E-state index contributed by atoms with van der Waals surface area (Å²) in [6.45, 7) is 1.93. The summed E-state index contributed by atoms with van der Waals surface area (Å²) in [6.07, 6.45) is 0.685. The van der Waals surface area contributed by atoms with E-state index in [-0.39, 0.29) is 23.3 Å². The topological polar surface area (TPSA) is 89.3 Å². The van der Waals surface area contributed by atoms with Crippen LogP contribution >= 0.6 is 24.2 Å². The normalized spacial score (nSPS) is 9.53. The smallest absolute Gasteiger partial charge is 0.373 e. The number of aryl methyl sites for hydroxylation is 1. The molecule has 3 N–H and O–H groups in total. The van der Waals surface area contributed by atoms with E-state index in [9.17, 15) is 4.79 Å². The van der Waals surface area contributed by atoms with E-state index in [0.717, 1.165) is 11.3 Å². The van der Waals surface area contributed by atoms with Crippen molar-refractivity contribution in [2.45, 2.75) is 19.1 Å². The van der Waals surface area contributed by atoms with Crippen LogP contribution in [0, 0.1) is 5.41 Å². The standard InChI is InChI=1S/C10H14N2O3S.ClH/c1-3-7-6(5-16-10(11)12)4-8(15-7)9(13)14-2;/h4H,3,5H2,1-2H3,(H3,11,12);1H. The Bertz CT molecular complexity index is 406. The second kappa shape index (κ2) is 7.24. The van der Waals surface area contributed by atoms with Crippen molar-refractivity contribution in [2.75, 3.05) is 7.11 Å². The van der Waals surface area contributed by atoms with Gasteiger partial charge in [0, 0.05) is 17.7 Å². The summed E-state index contributed by atoms with van der Waals surface area (Å²) in [7, 11) is 1.31. The molecule has 0 aliphatic carbocycles. The Morgan fingerprint density at radius 2 is 2.29 bits per heavy atom. The second-order valence-corrected chi connectivity index (χ2v) is 4.07. The van der Waals surface area contributed by atoms with E-state index in [0.29, 0.717) is 12.2 Å². The maximum Gasteiger partial charge on any atom is 0.373 e. The number of amidine groups is 1. The zero-order chi connectivity index (χ0) is 12.1. The SMILES string of the molecule is CCc1oc(C(=O)OC)cc1CSC(=N)N.Cl. The highest BCUT2D eigenvalue weighted by atomic mass is 35.5. The predicted molar refractivity (Wildman–Crippen MR) is 69.9 cm³/mol. The van der Waals surface area contributed by atoms with Crippen LogP contribution in [0.2, 0.25) is 0 Å². The second-order valence-electron chi connectivity index (χ2n) is 3.06. The van der Waals surface area contributed by atoms with E-state index in [1.165, 1.54) is 18.9 Å². The molecule has 0 saturated carbocycles. The number of ether oxygens (including phenoxy) is 1. The van der Waals surface area contributed by atoms with Crippen LogP contribution in [0.5, 0.6) is 0 Å². The van der Waals surface area contributed by atoms with Gasteiger partial charge < -0.3 is 14.9 Å². The van der Waals surface area contributed by atoms with Crippen LogP contribution in [-0.4, -0.2) is 18.2 Å². The van der Waals surface area contributed by atoms with Crippen molar-refractivity contribution < 1.29 is 13.9 Å². The molecule has 1 aromatic rings. The third kappa shape index (κ3) is 4.32. The molecule has 0 aliphatic heterocycles. The number of nitrogens with one attached hydrogen (secondary N) is 1. The first kappa shape index (κ1) is 15.9. The first-order valence-electron chi connectivity index (χ1n) is 4.75. The van der Waals surface area contributed by atoms with E-state index in [2.05, 4.69) is 4.74 Å². The quantitative estimate of drug-likeness (QED) is 0.500. The number of rotatable bonds is 4. The minimum Gasteiger partial charge on any atom is -0.463 e. The Morgan fingerprint density at radius 1 is 1.65 bits per heavy atom. The Labute approximate surface area is 110 Å². The first-order chi connectivity index (χ1) is 7.58. The Kier molecular flexibility index (Phi) is 6.75. The van der Waals surface area contributed by atoms with Gasteiger partial charge in [0.05, 0.1) is 7.11 Å². The lowest BCUT2D eigenvalue weighted by Crippen LogP contribution is -2.04. The average molecular weight is 279 g/mol. The number of furan rings is 1. The van der Waals surface area contributed by atoms with Crippen molar-refractivity contribution in [3.05, 3.63) is 23.2 Å². The van der Waals surface area contributed by atoms with Crippen molar-refractivity contribution in [3.8, 4) is 0 Å². The number of carbonyl (C=O) groups excluding carboxylic acids is 1. The largest absolute Gasteiger partial charge is 0.463 e. The van der Waals surface area contributed by atoms with Crippen molar-refractivity contribution in [1.29, 1.82) is 5.41 Å². The van der Waals surface area contributed by atoms with Crippen LogP contribution in [0.1, 0.15) is 28.8 Å². The maximum absolute atomic E-state index is 11.2. The fourth-order valence-corrected chi connectivity index (χ4v) is 1.80. The highest BCUT2D eigenvalue weighted by Crippen LogP contribution is 2.21. The summed E-state index contributed by atoms with van der Waals surface area (Å²) in [6, 6.07) is 1.64. The number of esters is 1. The monoisotopic (exact) mass is 278 g/mol. The van der Waals surface area contributed by atoms with Crippen LogP contribution in [0.3, 0.4) is 0 Å². The van der Waals surface area contributed by atoms with Gasteiger partial charge in [0.25, 0.3) is 0 Å². The minimum absolute atomic E-state index is 0. The molecule has 0 saturated heterocycles. The highest BCUT2D eigenvalue weighted by Gasteiger charge is 2.16. The molecule has 0 fully saturated rings. The van der Waals surface area contributed by atoms with Gasteiger partial charge in [-0.05, 0) is 6.07 Å². The summed E-state index contributed by atoms with van der Waals surface area (Å²) < 4.78 is 9.92. The Balaban J connectivity index is 0.00000256. The molecule has 5 nitrogen and oxygen atoms in total. The van der Waals surface area contributed by atoms with Gasteiger partial charge in [-0.3, -0.25) is 5.41 Å². The van der Waals surface area contributed by atoms with E-state index < -0.39 is 5.97 Å². The van der Waals surface area contributed by atoms with Gasteiger partial charge in [0.1, 0.15) is 5.76 Å². The molecule has 0 radical (unpaired) electrons. The third-order valence-electron chi connectivity index (χ3n) is 1.99. The number of hydrogen-bond donors (Lipinski definition) is 2. The number of halogens is 1. The van der Waals surface area contributed by atoms with Crippen molar-refractivity contribution in [2.24, 2.45) is 5.73 Å². The molecule has 0 unspecified atom stereocenters. The molecule has 0 bridgehead atoms. The lowest BCUT2D eigenvalue weighted by molar-refractivity contribution is 0.0563. The summed E-state index contributed by atoms with van der Waals surface area (Å²) in [5.41, 5.74) is 6.13. The summed E-state index contributed by atoms with van der Waals surface area (Å²) in [5.74, 6) is 0.959. The number of hydrogen-bond acceptors (Lipinski definition) is 5. The molecule has 1 rings (SSSR count). The molecule has 0 aliphatic rings. The average Bonchev–Trinajstić information content (AvgIpc) is 2.68. The predicted octanol–water partition coefficient (Wildman–Crippen LogP) is 2.18. The molecular formula is C10H15ClN2O3S. The molecule has 0 amide bonds. The molecule has 0 spiro atoms. The van der Waals surface area contributed by atoms with E-state index in [1.54, 1.807) is 6.07 Å². The summed E-state index contributed by atoms with van der Waals surface area (Å²) >= 11 is 1.20. The zero-order valence-electron chi connectivity index (χ0n) is 9.61. The van der Waals surface area contributed by atoms with E-state index >= 15 is 0 Å². The number of nitrogens with two attached hydrogens (primary N) is 1.